The molecule has 4 rings (SSSR count). The van der Waals surface area contributed by atoms with E-state index in [0.29, 0.717) is 23.2 Å². The Balaban J connectivity index is 1.43. The number of carbonyl (C=O) groups excluding carboxylic acids is 1. The van der Waals surface area contributed by atoms with Crippen LogP contribution in [0.4, 0.5) is 11.4 Å². The summed E-state index contributed by atoms with van der Waals surface area (Å²) in [7, 11) is 0. The molecule has 3 aromatic rings. The quantitative estimate of drug-likeness (QED) is 0.649. The smallest absolute Gasteiger partial charge is 0.276 e. The molecule has 6 nitrogen and oxygen atoms in total. The lowest BCUT2D eigenvalue weighted by atomic mass is 10.2. The predicted octanol–water partition coefficient (Wildman–Crippen LogP) is 4.28. The first kappa shape index (κ1) is 15.5. The third-order valence-electron chi connectivity index (χ3n) is 4.44. The predicted molar refractivity (Wildman–Crippen MR) is 96.6 cm³/mol. The molecule has 1 amide bonds. The van der Waals surface area contributed by atoms with Gasteiger partial charge in [-0.2, -0.15) is 5.10 Å². The van der Waals surface area contributed by atoms with Crippen molar-refractivity contribution in [1.82, 2.24) is 10.2 Å². The summed E-state index contributed by atoms with van der Waals surface area (Å²) in [5.41, 5.74) is 2.77. The molecule has 1 aromatic carbocycles. The maximum atomic E-state index is 12.4. The molecule has 6 heteroatoms. The van der Waals surface area contributed by atoms with E-state index in [9.17, 15) is 4.79 Å². The summed E-state index contributed by atoms with van der Waals surface area (Å²) in [5, 5.41) is 13.3. The zero-order valence-electron chi connectivity index (χ0n) is 13.8. The number of hydrogen-bond acceptors (Lipinski definition) is 4. The van der Waals surface area contributed by atoms with E-state index in [1.54, 1.807) is 18.4 Å². The summed E-state index contributed by atoms with van der Waals surface area (Å²) >= 11 is 0. The fraction of sp³-hybridized carbons (Fsp3) is 0.263. The van der Waals surface area contributed by atoms with Gasteiger partial charge in [0, 0.05) is 23.5 Å². The number of H-pyrrole nitrogens is 1. The monoisotopic (exact) mass is 336 g/mol. The van der Waals surface area contributed by atoms with Crippen LogP contribution in [-0.4, -0.2) is 22.1 Å². The molecule has 1 aliphatic rings. The molecular weight excluding hydrogens is 316 g/mol. The minimum atomic E-state index is -0.257. The van der Waals surface area contributed by atoms with E-state index < -0.39 is 0 Å². The Hall–Kier alpha value is -3.02. The van der Waals surface area contributed by atoms with Crippen LogP contribution in [0.2, 0.25) is 0 Å². The van der Waals surface area contributed by atoms with Crippen LogP contribution >= 0.6 is 0 Å². The molecule has 0 unspecified atom stereocenters. The number of nitrogens with one attached hydrogen (secondary N) is 3. The van der Waals surface area contributed by atoms with Crippen molar-refractivity contribution < 1.29 is 9.21 Å². The summed E-state index contributed by atoms with van der Waals surface area (Å²) in [4.78, 5) is 12.4. The minimum Gasteiger partial charge on any atom is -0.463 e. The van der Waals surface area contributed by atoms with Gasteiger partial charge in [-0.05, 0) is 43.2 Å². The first-order valence-corrected chi connectivity index (χ1v) is 8.55. The van der Waals surface area contributed by atoms with Crippen molar-refractivity contribution in [2.45, 2.75) is 31.7 Å². The number of benzene rings is 1. The molecule has 1 fully saturated rings. The average molecular weight is 336 g/mol. The number of aromatic nitrogens is 2. The highest BCUT2D eigenvalue weighted by Gasteiger charge is 2.15. The van der Waals surface area contributed by atoms with Crippen molar-refractivity contribution in [2.24, 2.45) is 0 Å². The summed E-state index contributed by atoms with van der Waals surface area (Å²) < 4.78 is 5.30. The second kappa shape index (κ2) is 6.84. The van der Waals surface area contributed by atoms with Gasteiger partial charge in [0.2, 0.25) is 0 Å². The first-order valence-electron chi connectivity index (χ1n) is 8.55. The fourth-order valence-corrected chi connectivity index (χ4v) is 3.18. The molecule has 0 atom stereocenters. The Kier molecular flexibility index (Phi) is 4.24. The summed E-state index contributed by atoms with van der Waals surface area (Å²) in [5.74, 6) is 0.390. The van der Waals surface area contributed by atoms with Gasteiger partial charge in [0.15, 0.2) is 11.5 Å². The first-order chi connectivity index (χ1) is 12.3. The standard InChI is InChI=1S/C19H20N4O2/c24-19(17-12-16(22-23-17)18-9-4-10-25-18)21-15-8-3-7-14(11-15)20-13-5-1-2-6-13/h3-4,7-13,20H,1-2,5-6H2,(H,21,24)(H,22,23). The van der Waals surface area contributed by atoms with Crippen molar-refractivity contribution in [1.29, 1.82) is 0 Å². The van der Waals surface area contributed by atoms with Gasteiger partial charge < -0.3 is 15.1 Å². The molecule has 0 bridgehead atoms. The van der Waals surface area contributed by atoms with Crippen LogP contribution < -0.4 is 10.6 Å². The van der Waals surface area contributed by atoms with Crippen LogP contribution in [0.25, 0.3) is 11.5 Å². The van der Waals surface area contributed by atoms with Crippen LogP contribution in [0.5, 0.6) is 0 Å². The number of amides is 1. The normalized spacial score (nSPS) is 14.6. The van der Waals surface area contributed by atoms with E-state index in [1.807, 2.05) is 30.3 Å². The molecule has 2 heterocycles. The number of anilines is 2. The fourth-order valence-electron chi connectivity index (χ4n) is 3.18. The lowest BCUT2D eigenvalue weighted by Gasteiger charge is -2.14. The number of furan rings is 1. The Bertz CT molecular complexity index is 848. The number of rotatable bonds is 5. The Morgan fingerprint density at radius 3 is 2.76 bits per heavy atom. The lowest BCUT2D eigenvalue weighted by molar-refractivity contribution is 0.102. The number of nitrogens with zero attached hydrogens (tertiary/aromatic N) is 1. The van der Waals surface area contributed by atoms with Gasteiger partial charge in [0.05, 0.1) is 6.26 Å². The third kappa shape index (κ3) is 3.57. The van der Waals surface area contributed by atoms with Crippen LogP contribution in [0.1, 0.15) is 36.2 Å². The zero-order valence-corrected chi connectivity index (χ0v) is 13.8. The lowest BCUT2D eigenvalue weighted by Crippen LogP contribution is -2.15. The van der Waals surface area contributed by atoms with Crippen LogP contribution in [0.3, 0.4) is 0 Å². The molecule has 0 radical (unpaired) electrons. The summed E-state index contributed by atoms with van der Waals surface area (Å²) in [6.07, 6.45) is 6.56. The van der Waals surface area contributed by atoms with E-state index >= 15 is 0 Å². The maximum Gasteiger partial charge on any atom is 0.276 e. The second-order valence-electron chi connectivity index (χ2n) is 6.30. The Labute approximate surface area is 145 Å². The van der Waals surface area contributed by atoms with Gasteiger partial charge in [-0.15, -0.1) is 0 Å². The van der Waals surface area contributed by atoms with Gasteiger partial charge in [-0.1, -0.05) is 18.9 Å². The molecule has 1 aliphatic carbocycles. The highest BCUT2D eigenvalue weighted by molar-refractivity contribution is 6.03. The van der Waals surface area contributed by atoms with Gasteiger partial charge in [-0.25, -0.2) is 0 Å². The van der Waals surface area contributed by atoms with E-state index in [-0.39, 0.29) is 5.91 Å². The molecule has 0 spiro atoms. The largest absolute Gasteiger partial charge is 0.463 e. The molecule has 2 aromatic heterocycles. The highest BCUT2D eigenvalue weighted by atomic mass is 16.3. The van der Waals surface area contributed by atoms with Crippen molar-refractivity contribution in [3.8, 4) is 11.5 Å². The Morgan fingerprint density at radius 2 is 1.96 bits per heavy atom. The highest BCUT2D eigenvalue weighted by Crippen LogP contribution is 2.24. The molecular formula is C19H20N4O2. The number of aromatic amines is 1. The third-order valence-corrected chi connectivity index (χ3v) is 4.44. The van der Waals surface area contributed by atoms with Gasteiger partial charge in [-0.3, -0.25) is 9.89 Å². The van der Waals surface area contributed by atoms with E-state index in [1.165, 1.54) is 25.7 Å². The molecule has 3 N–H and O–H groups in total. The number of hydrogen-bond donors (Lipinski definition) is 3. The molecule has 1 saturated carbocycles. The van der Waals surface area contributed by atoms with Crippen molar-refractivity contribution in [3.05, 3.63) is 54.4 Å². The van der Waals surface area contributed by atoms with E-state index in [4.69, 9.17) is 4.42 Å². The topological polar surface area (TPSA) is 83.0 Å². The number of carbonyl (C=O) groups is 1. The Morgan fingerprint density at radius 1 is 1.12 bits per heavy atom. The second-order valence-corrected chi connectivity index (χ2v) is 6.30. The van der Waals surface area contributed by atoms with Gasteiger partial charge in [0.25, 0.3) is 5.91 Å². The van der Waals surface area contributed by atoms with Crippen LogP contribution in [0.15, 0.2) is 53.1 Å². The van der Waals surface area contributed by atoms with Crippen LogP contribution in [-0.2, 0) is 0 Å². The molecule has 0 aliphatic heterocycles. The van der Waals surface area contributed by atoms with Crippen molar-refractivity contribution >= 4 is 17.3 Å². The summed E-state index contributed by atoms with van der Waals surface area (Å²) in [6.45, 7) is 0. The van der Waals surface area contributed by atoms with E-state index in [0.717, 1.165) is 11.4 Å². The zero-order chi connectivity index (χ0) is 17.1. The van der Waals surface area contributed by atoms with Gasteiger partial charge >= 0.3 is 0 Å². The van der Waals surface area contributed by atoms with E-state index in [2.05, 4.69) is 20.8 Å². The molecule has 128 valence electrons. The van der Waals surface area contributed by atoms with Gasteiger partial charge in [0.1, 0.15) is 5.69 Å². The SMILES string of the molecule is O=C(Nc1cccc(NC2CCCC2)c1)c1cc(-c2ccco2)[nH]n1. The molecule has 25 heavy (non-hydrogen) atoms. The minimum absolute atomic E-state index is 0.257. The maximum absolute atomic E-state index is 12.4. The van der Waals surface area contributed by atoms with Crippen LogP contribution in [0, 0.1) is 0 Å². The molecule has 0 saturated heterocycles. The van der Waals surface area contributed by atoms with Crippen molar-refractivity contribution in [2.75, 3.05) is 10.6 Å². The summed E-state index contributed by atoms with van der Waals surface area (Å²) in [6, 6.07) is 13.6. The average Bonchev–Trinajstić information content (AvgIpc) is 3.37. The van der Waals surface area contributed by atoms with Crippen molar-refractivity contribution in [3.63, 3.8) is 0 Å².